The van der Waals surface area contributed by atoms with Gasteiger partial charge in [0.2, 0.25) is 0 Å². The number of fused-ring (bicyclic) bond motifs is 1. The highest BCUT2D eigenvalue weighted by Gasteiger charge is 2.56. The number of thiophene rings is 1. The van der Waals surface area contributed by atoms with Crippen LogP contribution in [0.3, 0.4) is 0 Å². The third kappa shape index (κ3) is 4.71. The Morgan fingerprint density at radius 1 is 1.23 bits per heavy atom. The SMILES string of the molecule is CCOC(=O)C[C@@](C/C=C/c1cccs1)(N=C1C(=O)N(C)c2ccccc21)C(F)(F)F. The molecule has 31 heavy (non-hydrogen) atoms. The monoisotopic (exact) mass is 450 g/mol. The van der Waals surface area contributed by atoms with Crippen LogP contribution in [0.4, 0.5) is 18.9 Å². The van der Waals surface area contributed by atoms with Crippen LogP contribution < -0.4 is 4.90 Å². The van der Waals surface area contributed by atoms with Crippen molar-refractivity contribution in [2.75, 3.05) is 18.6 Å². The molecule has 0 radical (unpaired) electrons. The van der Waals surface area contributed by atoms with Gasteiger partial charge in [0, 0.05) is 23.9 Å². The number of halogens is 3. The molecule has 3 rings (SSSR count). The van der Waals surface area contributed by atoms with Crippen LogP contribution in [0.5, 0.6) is 0 Å². The van der Waals surface area contributed by atoms with Crippen LogP contribution in [-0.2, 0) is 14.3 Å². The Morgan fingerprint density at radius 2 is 1.97 bits per heavy atom. The molecule has 0 saturated heterocycles. The van der Waals surface area contributed by atoms with Crippen molar-refractivity contribution in [2.45, 2.75) is 31.5 Å². The number of carbonyl (C=O) groups is 2. The summed E-state index contributed by atoms with van der Waals surface area (Å²) in [5, 5.41) is 1.81. The second-order valence-corrected chi connectivity index (χ2v) is 7.95. The van der Waals surface area contributed by atoms with Gasteiger partial charge in [0.15, 0.2) is 5.54 Å². The molecular weight excluding hydrogens is 429 g/mol. The summed E-state index contributed by atoms with van der Waals surface area (Å²) in [6, 6.07) is 10.0. The molecule has 0 saturated carbocycles. The summed E-state index contributed by atoms with van der Waals surface area (Å²) in [6.07, 6.45) is -3.66. The van der Waals surface area contributed by atoms with Crippen molar-refractivity contribution in [1.29, 1.82) is 0 Å². The third-order valence-corrected chi connectivity index (χ3v) is 5.74. The molecule has 9 heteroatoms. The Kier molecular flexibility index (Phi) is 6.64. The predicted octanol–water partition coefficient (Wildman–Crippen LogP) is 4.87. The van der Waals surface area contributed by atoms with Gasteiger partial charge in [-0.1, -0.05) is 30.3 Å². The van der Waals surface area contributed by atoms with Gasteiger partial charge in [-0.2, -0.15) is 13.2 Å². The maximum absolute atomic E-state index is 14.4. The van der Waals surface area contributed by atoms with E-state index in [-0.39, 0.29) is 12.3 Å². The molecule has 0 spiro atoms. The predicted molar refractivity (Wildman–Crippen MR) is 114 cm³/mol. The summed E-state index contributed by atoms with van der Waals surface area (Å²) < 4.78 is 48.1. The van der Waals surface area contributed by atoms with Gasteiger partial charge in [0.05, 0.1) is 18.7 Å². The van der Waals surface area contributed by atoms with Crippen molar-refractivity contribution in [3.05, 3.63) is 58.3 Å². The zero-order valence-electron chi connectivity index (χ0n) is 17.0. The van der Waals surface area contributed by atoms with Gasteiger partial charge in [-0.25, -0.2) is 0 Å². The number of amides is 1. The first kappa shape index (κ1) is 22.7. The standard InChI is InChI=1S/C22H21F3N2O3S/c1-3-30-18(28)14-21(22(23,24)25,12-6-8-15-9-7-13-31-15)26-19-16-10-4-5-11-17(16)27(2)20(19)29/h4-11,13H,3,12,14H2,1-2H3/b8-6+,26-19?/t21-/m1/s1. The van der Waals surface area contributed by atoms with E-state index in [1.807, 2.05) is 0 Å². The number of para-hydroxylation sites is 1. The molecule has 0 aliphatic carbocycles. The van der Waals surface area contributed by atoms with Crippen LogP contribution in [0, 0.1) is 0 Å². The first-order valence-electron chi connectivity index (χ1n) is 9.58. The number of likely N-dealkylation sites (N-methyl/N-ethyl adjacent to an activating group) is 1. The van der Waals surface area contributed by atoms with Crippen LogP contribution in [0.1, 0.15) is 30.2 Å². The van der Waals surface area contributed by atoms with E-state index < -0.39 is 36.4 Å². The fourth-order valence-electron chi connectivity index (χ4n) is 3.32. The number of hydrogen-bond acceptors (Lipinski definition) is 5. The molecule has 1 aliphatic rings. The van der Waals surface area contributed by atoms with Gasteiger partial charge < -0.3 is 9.64 Å². The van der Waals surface area contributed by atoms with Crippen molar-refractivity contribution >= 4 is 40.7 Å². The largest absolute Gasteiger partial charge is 0.466 e. The van der Waals surface area contributed by atoms with E-state index in [4.69, 9.17) is 4.74 Å². The van der Waals surface area contributed by atoms with Gasteiger partial charge in [-0.3, -0.25) is 14.6 Å². The second kappa shape index (κ2) is 9.05. The maximum atomic E-state index is 14.4. The quantitative estimate of drug-likeness (QED) is 0.566. The second-order valence-electron chi connectivity index (χ2n) is 6.97. The smallest absolute Gasteiger partial charge is 0.414 e. The summed E-state index contributed by atoms with van der Waals surface area (Å²) >= 11 is 1.37. The molecule has 1 aromatic carbocycles. The number of aliphatic imine (C=N–C) groups is 1. The fourth-order valence-corrected chi connectivity index (χ4v) is 3.96. The molecule has 2 heterocycles. The highest BCUT2D eigenvalue weighted by atomic mass is 32.1. The summed E-state index contributed by atoms with van der Waals surface area (Å²) in [6.45, 7) is 1.46. The number of alkyl halides is 3. The molecule has 1 aliphatic heterocycles. The molecule has 164 valence electrons. The highest BCUT2D eigenvalue weighted by molar-refractivity contribution is 7.10. The first-order chi connectivity index (χ1) is 14.7. The molecule has 1 amide bonds. The molecular formula is C22H21F3N2O3S. The minimum Gasteiger partial charge on any atom is -0.466 e. The number of carbonyl (C=O) groups excluding carboxylic acids is 2. The normalized spacial score (nSPS) is 17.3. The van der Waals surface area contributed by atoms with Crippen LogP contribution in [0.15, 0.2) is 52.8 Å². The molecule has 0 fully saturated rings. The molecule has 5 nitrogen and oxygen atoms in total. The minimum atomic E-state index is -4.90. The lowest BCUT2D eigenvalue weighted by atomic mass is 9.89. The van der Waals surface area contributed by atoms with E-state index in [1.54, 1.807) is 47.9 Å². The van der Waals surface area contributed by atoms with Gasteiger partial charge >= 0.3 is 12.1 Å². The molecule has 1 atom stereocenters. The number of anilines is 1. The Bertz CT molecular complexity index is 1020. The molecule has 0 N–H and O–H groups in total. The third-order valence-electron chi connectivity index (χ3n) is 4.90. The van der Waals surface area contributed by atoms with Crippen molar-refractivity contribution < 1.29 is 27.5 Å². The minimum absolute atomic E-state index is 0.0567. The van der Waals surface area contributed by atoms with Crippen molar-refractivity contribution in [2.24, 2.45) is 4.99 Å². The fraction of sp³-hybridized carbons (Fsp3) is 0.318. The van der Waals surface area contributed by atoms with Crippen molar-refractivity contribution in [3.63, 3.8) is 0 Å². The number of esters is 1. The molecule has 2 aromatic rings. The lowest BCUT2D eigenvalue weighted by molar-refractivity contribution is -0.192. The Balaban J connectivity index is 2.10. The lowest BCUT2D eigenvalue weighted by Gasteiger charge is -2.31. The average Bonchev–Trinajstić information content (AvgIpc) is 3.30. The Morgan fingerprint density at radius 3 is 2.61 bits per heavy atom. The Hall–Kier alpha value is -2.94. The summed E-state index contributed by atoms with van der Waals surface area (Å²) in [4.78, 5) is 30.8. The highest BCUT2D eigenvalue weighted by Crippen LogP contribution is 2.42. The van der Waals surface area contributed by atoms with Gasteiger partial charge in [0.1, 0.15) is 5.71 Å². The van der Waals surface area contributed by atoms with E-state index in [0.717, 1.165) is 4.88 Å². The van der Waals surface area contributed by atoms with Crippen LogP contribution in [0.25, 0.3) is 6.08 Å². The zero-order chi connectivity index (χ0) is 22.6. The van der Waals surface area contributed by atoms with E-state index in [9.17, 15) is 22.8 Å². The summed E-state index contributed by atoms with van der Waals surface area (Å²) in [5.74, 6) is -1.68. The number of hydrogen-bond donors (Lipinski definition) is 0. The van der Waals surface area contributed by atoms with E-state index in [2.05, 4.69) is 4.99 Å². The van der Waals surface area contributed by atoms with Gasteiger partial charge in [-0.15, -0.1) is 11.3 Å². The molecule has 1 aromatic heterocycles. The van der Waals surface area contributed by atoms with Crippen molar-refractivity contribution in [3.8, 4) is 0 Å². The van der Waals surface area contributed by atoms with Gasteiger partial charge in [0.25, 0.3) is 5.91 Å². The number of rotatable bonds is 7. The summed E-state index contributed by atoms with van der Waals surface area (Å²) in [7, 11) is 1.47. The summed E-state index contributed by atoms with van der Waals surface area (Å²) in [5.41, 5.74) is -2.39. The van der Waals surface area contributed by atoms with E-state index in [0.29, 0.717) is 11.3 Å². The number of benzene rings is 1. The van der Waals surface area contributed by atoms with Gasteiger partial charge in [-0.05, 0) is 30.5 Å². The van der Waals surface area contributed by atoms with Crippen LogP contribution >= 0.6 is 11.3 Å². The maximum Gasteiger partial charge on any atom is 0.414 e. The number of nitrogens with zero attached hydrogens (tertiary/aromatic N) is 2. The van der Waals surface area contributed by atoms with Crippen molar-refractivity contribution in [1.82, 2.24) is 0 Å². The van der Waals surface area contributed by atoms with Crippen LogP contribution in [0.2, 0.25) is 0 Å². The Labute approximate surface area is 181 Å². The molecule has 0 bridgehead atoms. The zero-order valence-corrected chi connectivity index (χ0v) is 17.8. The average molecular weight is 450 g/mol. The number of ether oxygens (including phenoxy) is 1. The van der Waals surface area contributed by atoms with E-state index in [1.165, 1.54) is 36.3 Å². The topological polar surface area (TPSA) is 59.0 Å². The van der Waals surface area contributed by atoms with Crippen LogP contribution in [-0.4, -0.2) is 43.0 Å². The molecule has 0 unspecified atom stereocenters. The van der Waals surface area contributed by atoms with E-state index >= 15 is 0 Å². The lowest BCUT2D eigenvalue weighted by Crippen LogP contribution is -2.47. The first-order valence-corrected chi connectivity index (χ1v) is 10.5.